The summed E-state index contributed by atoms with van der Waals surface area (Å²) >= 11 is 1.16. The first-order valence-corrected chi connectivity index (χ1v) is 7.19. The zero-order valence-corrected chi connectivity index (χ0v) is 12.6. The Labute approximate surface area is 120 Å². The summed E-state index contributed by atoms with van der Waals surface area (Å²) in [5.41, 5.74) is -0.280. The number of nitrogens with zero attached hydrogens (tertiary/aromatic N) is 3. The third-order valence-corrected chi connectivity index (χ3v) is 3.41. The Morgan fingerprint density at radius 1 is 1.45 bits per heavy atom. The van der Waals surface area contributed by atoms with Crippen molar-refractivity contribution in [2.75, 3.05) is 26.4 Å². The molecule has 0 spiro atoms. The van der Waals surface area contributed by atoms with Crippen LogP contribution in [0, 0.1) is 0 Å². The molecule has 0 aliphatic carbocycles. The first kappa shape index (κ1) is 16.3. The summed E-state index contributed by atoms with van der Waals surface area (Å²) in [5, 5.41) is 9.21. The lowest BCUT2D eigenvalue weighted by molar-refractivity contribution is -0.130. The zero-order chi connectivity index (χ0) is 15.1. The minimum atomic E-state index is -0.280. The second kappa shape index (κ2) is 7.73. The van der Waals surface area contributed by atoms with Gasteiger partial charge in [-0.25, -0.2) is 9.89 Å². The third kappa shape index (κ3) is 4.72. The van der Waals surface area contributed by atoms with Crippen molar-refractivity contribution >= 4 is 23.6 Å². The fourth-order valence-electron chi connectivity index (χ4n) is 1.35. The van der Waals surface area contributed by atoms with E-state index in [1.165, 1.54) is 9.47 Å². The summed E-state index contributed by atoms with van der Waals surface area (Å²) in [6.45, 7) is 2.47. The van der Waals surface area contributed by atoms with Gasteiger partial charge < -0.3 is 10.2 Å². The molecule has 0 fully saturated rings. The molecule has 1 aromatic heterocycles. The molecule has 1 aromatic rings. The van der Waals surface area contributed by atoms with Crippen LogP contribution >= 0.6 is 11.8 Å². The van der Waals surface area contributed by atoms with Gasteiger partial charge in [0.25, 0.3) is 0 Å². The molecule has 0 saturated carbocycles. The van der Waals surface area contributed by atoms with Crippen molar-refractivity contribution in [3.8, 4) is 0 Å². The first-order chi connectivity index (χ1) is 9.45. The number of nitrogens with one attached hydrogen (secondary N) is 2. The average molecular weight is 301 g/mol. The monoisotopic (exact) mass is 301 g/mol. The molecule has 0 saturated heterocycles. The highest BCUT2D eigenvalue weighted by Crippen LogP contribution is 2.12. The predicted octanol–water partition coefficient (Wildman–Crippen LogP) is -0.722. The number of aromatic amines is 1. The molecule has 1 heterocycles. The Balaban J connectivity index is 2.45. The SMILES string of the molecule is CCCn1c(SCC(=O)NCC(=O)N(C)C)n[nH]c1=O. The maximum absolute atomic E-state index is 11.6. The van der Waals surface area contributed by atoms with E-state index in [-0.39, 0.29) is 29.8 Å². The second-order valence-corrected chi connectivity index (χ2v) is 5.26. The van der Waals surface area contributed by atoms with Crippen LogP contribution in [0.4, 0.5) is 0 Å². The van der Waals surface area contributed by atoms with Gasteiger partial charge in [-0.05, 0) is 6.42 Å². The minimum absolute atomic E-state index is 0.0330. The van der Waals surface area contributed by atoms with E-state index in [1.54, 1.807) is 14.1 Å². The zero-order valence-electron chi connectivity index (χ0n) is 11.8. The number of aromatic nitrogens is 3. The number of rotatable bonds is 7. The summed E-state index contributed by atoms with van der Waals surface area (Å²) in [5.74, 6) is -0.343. The Morgan fingerprint density at radius 3 is 2.75 bits per heavy atom. The van der Waals surface area contributed by atoms with Crippen LogP contribution in [0.2, 0.25) is 0 Å². The Kier molecular flexibility index (Phi) is 6.29. The molecule has 2 N–H and O–H groups in total. The predicted molar refractivity (Wildman–Crippen MR) is 75.6 cm³/mol. The number of thioether (sulfide) groups is 1. The Hall–Kier alpha value is -1.77. The van der Waals surface area contributed by atoms with E-state index in [1.807, 2.05) is 6.92 Å². The molecule has 8 nitrogen and oxygen atoms in total. The van der Waals surface area contributed by atoms with Crippen molar-refractivity contribution in [2.24, 2.45) is 0 Å². The maximum atomic E-state index is 11.6. The molecule has 9 heteroatoms. The van der Waals surface area contributed by atoms with Crippen molar-refractivity contribution in [3.63, 3.8) is 0 Å². The van der Waals surface area contributed by atoms with Crippen molar-refractivity contribution < 1.29 is 9.59 Å². The van der Waals surface area contributed by atoms with Gasteiger partial charge >= 0.3 is 5.69 Å². The van der Waals surface area contributed by atoms with Gasteiger partial charge in [0.1, 0.15) is 0 Å². The van der Waals surface area contributed by atoms with Crippen LogP contribution in [0.3, 0.4) is 0 Å². The van der Waals surface area contributed by atoms with Crippen LogP contribution in [-0.4, -0.2) is 57.9 Å². The van der Waals surface area contributed by atoms with E-state index >= 15 is 0 Å². The Bertz CT molecular complexity index is 522. The van der Waals surface area contributed by atoms with E-state index in [0.717, 1.165) is 18.2 Å². The molecule has 2 amide bonds. The van der Waals surface area contributed by atoms with E-state index in [9.17, 15) is 14.4 Å². The van der Waals surface area contributed by atoms with Gasteiger partial charge in [-0.1, -0.05) is 18.7 Å². The van der Waals surface area contributed by atoms with Crippen LogP contribution < -0.4 is 11.0 Å². The first-order valence-electron chi connectivity index (χ1n) is 6.20. The molecule has 112 valence electrons. The number of H-pyrrole nitrogens is 1. The second-order valence-electron chi connectivity index (χ2n) is 4.32. The highest BCUT2D eigenvalue weighted by Gasteiger charge is 2.11. The molecule has 1 rings (SSSR count). The molecule has 0 bridgehead atoms. The van der Waals surface area contributed by atoms with Gasteiger partial charge in [0.15, 0.2) is 5.16 Å². The molecule has 0 unspecified atom stereocenters. The number of hydrogen-bond donors (Lipinski definition) is 2. The van der Waals surface area contributed by atoms with Gasteiger partial charge in [0.05, 0.1) is 12.3 Å². The van der Waals surface area contributed by atoms with Crippen molar-refractivity contribution in [3.05, 3.63) is 10.5 Å². The fraction of sp³-hybridized carbons (Fsp3) is 0.636. The van der Waals surface area contributed by atoms with Gasteiger partial charge in [0, 0.05) is 20.6 Å². The van der Waals surface area contributed by atoms with Crippen LogP contribution in [0.5, 0.6) is 0 Å². The summed E-state index contributed by atoms with van der Waals surface area (Å²) in [4.78, 5) is 35.7. The molecular weight excluding hydrogens is 282 g/mol. The number of likely N-dealkylation sites (N-methyl/N-ethyl adjacent to an activating group) is 1. The van der Waals surface area contributed by atoms with Crippen molar-refractivity contribution in [1.29, 1.82) is 0 Å². The van der Waals surface area contributed by atoms with Crippen LogP contribution in [0.15, 0.2) is 9.95 Å². The summed E-state index contributed by atoms with van der Waals surface area (Å²) in [6.07, 6.45) is 0.802. The van der Waals surface area contributed by atoms with Crippen LogP contribution in [-0.2, 0) is 16.1 Å². The van der Waals surface area contributed by atoms with Gasteiger partial charge in [0.2, 0.25) is 11.8 Å². The lowest BCUT2D eigenvalue weighted by Crippen LogP contribution is -2.37. The number of carbonyl (C=O) groups excluding carboxylic acids is 2. The van der Waals surface area contributed by atoms with E-state index < -0.39 is 0 Å². The van der Waals surface area contributed by atoms with Crippen molar-refractivity contribution in [1.82, 2.24) is 25.0 Å². The summed E-state index contributed by atoms with van der Waals surface area (Å²) in [7, 11) is 3.24. The molecular formula is C11H19N5O3S. The lowest BCUT2D eigenvalue weighted by atomic mass is 10.5. The van der Waals surface area contributed by atoms with E-state index in [0.29, 0.717) is 11.7 Å². The quantitative estimate of drug-likeness (QED) is 0.647. The normalized spacial score (nSPS) is 10.3. The van der Waals surface area contributed by atoms with Crippen LogP contribution in [0.1, 0.15) is 13.3 Å². The third-order valence-electron chi connectivity index (χ3n) is 2.44. The van der Waals surface area contributed by atoms with E-state index in [4.69, 9.17) is 0 Å². The number of amides is 2. The largest absolute Gasteiger partial charge is 0.347 e. The summed E-state index contributed by atoms with van der Waals surface area (Å²) in [6, 6.07) is 0. The van der Waals surface area contributed by atoms with Crippen LogP contribution in [0.25, 0.3) is 0 Å². The maximum Gasteiger partial charge on any atom is 0.343 e. The molecule has 0 aromatic carbocycles. The van der Waals surface area contributed by atoms with Gasteiger partial charge in [-0.3, -0.25) is 14.2 Å². The topological polar surface area (TPSA) is 100 Å². The lowest BCUT2D eigenvalue weighted by Gasteiger charge is -2.10. The van der Waals surface area contributed by atoms with Crippen molar-refractivity contribution in [2.45, 2.75) is 25.0 Å². The molecule has 0 radical (unpaired) electrons. The minimum Gasteiger partial charge on any atom is -0.347 e. The molecule has 20 heavy (non-hydrogen) atoms. The highest BCUT2D eigenvalue weighted by atomic mass is 32.2. The number of hydrogen-bond acceptors (Lipinski definition) is 5. The fourth-order valence-corrected chi connectivity index (χ4v) is 2.15. The average Bonchev–Trinajstić information content (AvgIpc) is 2.75. The highest BCUT2D eigenvalue weighted by molar-refractivity contribution is 7.99. The van der Waals surface area contributed by atoms with Gasteiger partial charge in [-0.15, -0.1) is 5.10 Å². The molecule has 0 aliphatic rings. The smallest absolute Gasteiger partial charge is 0.343 e. The molecule has 0 atom stereocenters. The number of carbonyl (C=O) groups is 2. The Morgan fingerprint density at radius 2 is 2.15 bits per heavy atom. The van der Waals surface area contributed by atoms with E-state index in [2.05, 4.69) is 15.5 Å². The van der Waals surface area contributed by atoms with Gasteiger partial charge in [-0.2, -0.15) is 0 Å². The standard InChI is InChI=1S/C11H19N5O3S/c1-4-5-16-10(19)13-14-11(16)20-7-8(17)12-6-9(18)15(2)3/h4-7H2,1-3H3,(H,12,17)(H,13,19). The molecule has 0 aliphatic heterocycles. The summed E-state index contributed by atoms with van der Waals surface area (Å²) < 4.78 is 1.49.